The molecule has 3 N–H and O–H groups in total. The fraction of sp³-hybridized carbons (Fsp3) is 0.667. The van der Waals surface area contributed by atoms with Gasteiger partial charge >= 0.3 is 0 Å². The Hall–Kier alpha value is -0.870. The second-order valence-electron chi connectivity index (χ2n) is 5.69. The topological polar surface area (TPSA) is 55.1 Å². The molecule has 1 amide bonds. The number of nitrogens with one attached hydrogen (secondary N) is 1. The van der Waals surface area contributed by atoms with Crippen LogP contribution in [0.1, 0.15) is 43.4 Å². The summed E-state index contributed by atoms with van der Waals surface area (Å²) in [6, 6.07) is 4.28. The van der Waals surface area contributed by atoms with Crippen LogP contribution in [0.4, 0.5) is 0 Å². The highest BCUT2D eigenvalue weighted by Gasteiger charge is 2.28. The van der Waals surface area contributed by atoms with Gasteiger partial charge in [-0.1, -0.05) is 13.8 Å². The molecule has 0 bridgehead atoms. The number of carbonyl (C=O) groups excluding carboxylic acids is 1. The first kappa shape index (κ1) is 16.2. The molecule has 0 spiro atoms. The summed E-state index contributed by atoms with van der Waals surface area (Å²) in [5.74, 6) is 0.441. The predicted molar refractivity (Wildman–Crippen MR) is 82.4 cm³/mol. The summed E-state index contributed by atoms with van der Waals surface area (Å²) in [5.41, 5.74) is 5.47. The average molecular weight is 282 g/mol. The standard InChI is InChI=1S/C15H26N2OS/c1-11(2)15(4,10-16)17-14(18)7-5-6-13-9-8-12(3)19-13/h8-9,11H,5-7,10,16H2,1-4H3,(H,17,18). The number of amides is 1. The number of thiophene rings is 1. The first-order chi connectivity index (χ1) is 8.87. The second-order valence-corrected chi connectivity index (χ2v) is 7.06. The van der Waals surface area contributed by atoms with Crippen LogP contribution in [0.5, 0.6) is 0 Å². The van der Waals surface area contributed by atoms with E-state index in [1.807, 2.05) is 18.3 Å². The summed E-state index contributed by atoms with van der Waals surface area (Å²) in [7, 11) is 0. The van der Waals surface area contributed by atoms with Crippen LogP contribution < -0.4 is 11.1 Å². The van der Waals surface area contributed by atoms with Crippen molar-refractivity contribution in [3.8, 4) is 0 Å². The van der Waals surface area contributed by atoms with Crippen molar-refractivity contribution < 1.29 is 4.79 Å². The van der Waals surface area contributed by atoms with Gasteiger partial charge in [-0.05, 0) is 44.7 Å². The molecule has 1 unspecified atom stereocenters. The summed E-state index contributed by atoms with van der Waals surface area (Å²) in [6.45, 7) is 8.76. The van der Waals surface area contributed by atoms with Gasteiger partial charge < -0.3 is 11.1 Å². The molecule has 1 rings (SSSR count). The molecule has 1 atom stereocenters. The van der Waals surface area contributed by atoms with Crippen molar-refractivity contribution in [2.24, 2.45) is 11.7 Å². The van der Waals surface area contributed by atoms with Gasteiger partial charge in [-0.2, -0.15) is 0 Å². The smallest absolute Gasteiger partial charge is 0.220 e. The molecular weight excluding hydrogens is 256 g/mol. The predicted octanol–water partition coefficient (Wildman–Crippen LogP) is 2.87. The van der Waals surface area contributed by atoms with Crippen LogP contribution in [-0.4, -0.2) is 18.0 Å². The van der Waals surface area contributed by atoms with Crippen molar-refractivity contribution in [2.75, 3.05) is 6.54 Å². The Morgan fingerprint density at radius 2 is 2.16 bits per heavy atom. The van der Waals surface area contributed by atoms with Crippen LogP contribution in [0.25, 0.3) is 0 Å². The number of nitrogens with two attached hydrogens (primary N) is 1. The van der Waals surface area contributed by atoms with Crippen molar-refractivity contribution in [1.82, 2.24) is 5.32 Å². The Kier molecular flexibility index (Phi) is 6.01. The van der Waals surface area contributed by atoms with Gasteiger partial charge in [-0.15, -0.1) is 11.3 Å². The third kappa shape index (κ3) is 4.96. The summed E-state index contributed by atoms with van der Waals surface area (Å²) in [4.78, 5) is 14.6. The number of rotatable bonds is 7. The van der Waals surface area contributed by atoms with E-state index in [1.54, 1.807) is 0 Å². The number of aryl methyl sites for hydroxylation is 2. The van der Waals surface area contributed by atoms with Gasteiger partial charge in [0.05, 0.1) is 5.54 Å². The molecular formula is C15H26N2OS. The zero-order valence-corrected chi connectivity index (χ0v) is 13.3. The first-order valence-electron chi connectivity index (χ1n) is 6.94. The molecule has 19 heavy (non-hydrogen) atoms. The number of carbonyl (C=O) groups is 1. The first-order valence-corrected chi connectivity index (χ1v) is 7.75. The van der Waals surface area contributed by atoms with Gasteiger partial charge in [0, 0.05) is 22.7 Å². The summed E-state index contributed by atoms with van der Waals surface area (Å²) < 4.78 is 0. The molecule has 0 saturated heterocycles. The van der Waals surface area contributed by atoms with Crippen LogP contribution in [0.2, 0.25) is 0 Å². The van der Waals surface area contributed by atoms with E-state index in [0.29, 0.717) is 18.9 Å². The number of hydrogen-bond acceptors (Lipinski definition) is 3. The molecule has 1 heterocycles. The molecule has 0 aliphatic heterocycles. The van der Waals surface area contributed by atoms with Gasteiger partial charge in [0.1, 0.15) is 0 Å². The van der Waals surface area contributed by atoms with Crippen molar-refractivity contribution in [2.45, 2.75) is 52.5 Å². The summed E-state index contributed by atoms with van der Waals surface area (Å²) >= 11 is 1.81. The lowest BCUT2D eigenvalue weighted by Gasteiger charge is -2.33. The highest BCUT2D eigenvalue weighted by Crippen LogP contribution is 2.18. The lowest BCUT2D eigenvalue weighted by Crippen LogP contribution is -2.54. The van der Waals surface area contributed by atoms with E-state index in [1.165, 1.54) is 9.75 Å². The maximum atomic E-state index is 12.0. The fourth-order valence-electron chi connectivity index (χ4n) is 1.85. The van der Waals surface area contributed by atoms with Crippen molar-refractivity contribution in [3.05, 3.63) is 21.9 Å². The Bertz CT molecular complexity index is 414. The second kappa shape index (κ2) is 7.06. The molecule has 0 aromatic carbocycles. The van der Waals surface area contributed by atoms with Gasteiger partial charge in [-0.25, -0.2) is 0 Å². The van der Waals surface area contributed by atoms with E-state index in [-0.39, 0.29) is 11.4 Å². The van der Waals surface area contributed by atoms with Gasteiger partial charge in [0.15, 0.2) is 0 Å². The maximum absolute atomic E-state index is 12.0. The third-order valence-electron chi connectivity index (χ3n) is 3.75. The monoisotopic (exact) mass is 282 g/mol. The molecule has 1 aromatic rings. The highest BCUT2D eigenvalue weighted by molar-refractivity contribution is 7.11. The van der Waals surface area contributed by atoms with E-state index in [0.717, 1.165) is 12.8 Å². The molecule has 4 heteroatoms. The van der Waals surface area contributed by atoms with Gasteiger partial charge in [0.25, 0.3) is 0 Å². The van der Waals surface area contributed by atoms with Crippen LogP contribution in [0.3, 0.4) is 0 Å². The van der Waals surface area contributed by atoms with E-state index in [9.17, 15) is 4.79 Å². The van der Waals surface area contributed by atoms with E-state index in [4.69, 9.17) is 5.73 Å². The van der Waals surface area contributed by atoms with Crippen molar-refractivity contribution >= 4 is 17.2 Å². The lowest BCUT2D eigenvalue weighted by molar-refractivity contribution is -0.123. The third-order valence-corrected chi connectivity index (χ3v) is 4.81. The van der Waals surface area contributed by atoms with Crippen LogP contribution in [-0.2, 0) is 11.2 Å². The minimum atomic E-state index is -0.295. The Morgan fingerprint density at radius 3 is 2.63 bits per heavy atom. The van der Waals surface area contributed by atoms with E-state index in [2.05, 4.69) is 38.2 Å². The minimum absolute atomic E-state index is 0.106. The summed E-state index contributed by atoms with van der Waals surface area (Å²) in [5, 5.41) is 3.07. The molecule has 3 nitrogen and oxygen atoms in total. The molecule has 0 aliphatic rings. The molecule has 0 radical (unpaired) electrons. The number of hydrogen-bond donors (Lipinski definition) is 2. The molecule has 0 saturated carbocycles. The molecule has 1 aromatic heterocycles. The molecule has 108 valence electrons. The van der Waals surface area contributed by atoms with E-state index < -0.39 is 0 Å². The molecule has 0 fully saturated rings. The zero-order valence-electron chi connectivity index (χ0n) is 12.5. The lowest BCUT2D eigenvalue weighted by atomic mass is 9.88. The van der Waals surface area contributed by atoms with Crippen molar-refractivity contribution in [1.29, 1.82) is 0 Å². The summed E-state index contributed by atoms with van der Waals surface area (Å²) in [6.07, 6.45) is 2.44. The SMILES string of the molecule is Cc1ccc(CCCC(=O)NC(C)(CN)C(C)C)s1. The van der Waals surface area contributed by atoms with Crippen LogP contribution in [0, 0.1) is 12.8 Å². The van der Waals surface area contributed by atoms with Crippen molar-refractivity contribution in [3.63, 3.8) is 0 Å². The fourth-order valence-corrected chi connectivity index (χ4v) is 2.79. The van der Waals surface area contributed by atoms with E-state index >= 15 is 0 Å². The molecule has 0 aliphatic carbocycles. The largest absolute Gasteiger partial charge is 0.349 e. The highest BCUT2D eigenvalue weighted by atomic mass is 32.1. The van der Waals surface area contributed by atoms with Crippen LogP contribution >= 0.6 is 11.3 Å². The quantitative estimate of drug-likeness (QED) is 0.808. The maximum Gasteiger partial charge on any atom is 0.220 e. The normalized spacial score (nSPS) is 14.4. The van der Waals surface area contributed by atoms with Gasteiger partial charge in [-0.3, -0.25) is 4.79 Å². The van der Waals surface area contributed by atoms with Crippen LogP contribution in [0.15, 0.2) is 12.1 Å². The Balaban J connectivity index is 2.35. The Labute approximate surface area is 120 Å². The zero-order chi connectivity index (χ0) is 14.5. The minimum Gasteiger partial charge on any atom is -0.349 e. The van der Waals surface area contributed by atoms with Gasteiger partial charge in [0.2, 0.25) is 5.91 Å². The Morgan fingerprint density at radius 1 is 1.47 bits per heavy atom. The average Bonchev–Trinajstić information content (AvgIpc) is 2.74.